The third-order valence-electron chi connectivity index (χ3n) is 2.23. The average molecular weight is 265 g/mol. The van der Waals surface area contributed by atoms with Crippen molar-refractivity contribution in [2.75, 3.05) is 11.9 Å². The Morgan fingerprint density at radius 3 is 2.68 bits per heavy atom. The number of nitrogens with two attached hydrogens (primary N) is 1. The maximum atomic E-state index is 11.6. The van der Waals surface area contributed by atoms with Gasteiger partial charge >= 0.3 is 5.97 Å². The molecule has 6 nitrogen and oxygen atoms in total. The van der Waals surface area contributed by atoms with Crippen LogP contribution in [0.3, 0.4) is 0 Å². The number of carbonyl (C=O) groups excluding carboxylic acids is 1. The predicted molar refractivity (Wildman–Crippen MR) is 73.0 cm³/mol. The molecule has 1 aromatic rings. The van der Waals surface area contributed by atoms with Crippen molar-refractivity contribution in [2.45, 2.75) is 26.4 Å². The molecule has 0 spiro atoms. The molecule has 0 unspecified atom stereocenters. The first kappa shape index (κ1) is 14.9. The lowest BCUT2D eigenvalue weighted by molar-refractivity contribution is -0.670. The summed E-state index contributed by atoms with van der Waals surface area (Å²) in [6.07, 6.45) is 3.55. The highest BCUT2D eigenvalue weighted by atomic mass is 16.6. The van der Waals surface area contributed by atoms with Gasteiger partial charge in [0, 0.05) is 6.07 Å². The van der Waals surface area contributed by atoms with Crippen molar-refractivity contribution in [2.24, 2.45) is 12.8 Å². The number of anilines is 1. The van der Waals surface area contributed by atoms with Gasteiger partial charge in [0.2, 0.25) is 0 Å². The van der Waals surface area contributed by atoms with Crippen molar-refractivity contribution >= 4 is 17.5 Å². The van der Waals surface area contributed by atoms with Gasteiger partial charge in [0.1, 0.15) is 30.7 Å². The Morgan fingerprint density at radius 2 is 2.16 bits per heavy atom. The van der Waals surface area contributed by atoms with E-state index in [0.29, 0.717) is 11.3 Å². The monoisotopic (exact) mass is 265 g/mol. The molecular weight excluding hydrogens is 244 g/mol. The Balaban J connectivity index is 2.75. The number of pyridine rings is 1. The van der Waals surface area contributed by atoms with E-state index in [1.165, 1.54) is 0 Å². The summed E-state index contributed by atoms with van der Waals surface area (Å²) < 4.78 is 7.01. The van der Waals surface area contributed by atoms with Crippen LogP contribution in [0.2, 0.25) is 0 Å². The molecule has 19 heavy (non-hydrogen) atoms. The SMILES string of the molecule is C[n+]1ccc(C(=N)N)c(NCC(=O)OC(C)(C)C)c1. The second-order valence-corrected chi connectivity index (χ2v) is 5.29. The number of esters is 1. The minimum Gasteiger partial charge on any atom is -0.459 e. The third-order valence-corrected chi connectivity index (χ3v) is 2.23. The van der Waals surface area contributed by atoms with E-state index in [4.69, 9.17) is 15.9 Å². The van der Waals surface area contributed by atoms with Gasteiger partial charge in [-0.2, -0.15) is 0 Å². The highest BCUT2D eigenvalue weighted by Gasteiger charge is 2.17. The lowest BCUT2D eigenvalue weighted by Crippen LogP contribution is -2.31. The van der Waals surface area contributed by atoms with Gasteiger partial charge in [0.05, 0.1) is 5.56 Å². The molecule has 1 aromatic heterocycles. The highest BCUT2D eigenvalue weighted by Crippen LogP contribution is 2.12. The molecule has 4 N–H and O–H groups in total. The van der Waals surface area contributed by atoms with Crippen LogP contribution >= 0.6 is 0 Å². The van der Waals surface area contributed by atoms with Crippen LogP contribution in [-0.2, 0) is 16.6 Å². The second-order valence-electron chi connectivity index (χ2n) is 5.29. The molecule has 0 amide bonds. The number of hydrogen-bond acceptors (Lipinski definition) is 4. The van der Waals surface area contributed by atoms with Crippen molar-refractivity contribution in [1.82, 2.24) is 0 Å². The summed E-state index contributed by atoms with van der Waals surface area (Å²) in [6, 6.07) is 1.72. The fourth-order valence-corrected chi connectivity index (χ4v) is 1.52. The minimum atomic E-state index is -0.510. The fraction of sp³-hybridized carbons (Fsp3) is 0.462. The first-order valence-electron chi connectivity index (χ1n) is 5.98. The fourth-order valence-electron chi connectivity index (χ4n) is 1.52. The van der Waals surface area contributed by atoms with E-state index in [-0.39, 0.29) is 18.3 Å². The summed E-state index contributed by atoms with van der Waals surface area (Å²) in [5.41, 5.74) is 6.17. The number of nitrogens with one attached hydrogen (secondary N) is 2. The standard InChI is InChI=1S/C13H21N4O2/c1-13(2,3)19-11(18)7-16-10-8-17(4)6-5-9(10)12(14)15/h5-6,8,16H,7H2,1-4H3,(H3,14,15)/q+1. The van der Waals surface area contributed by atoms with Gasteiger partial charge < -0.3 is 15.8 Å². The van der Waals surface area contributed by atoms with Crippen LogP contribution in [0.4, 0.5) is 5.69 Å². The van der Waals surface area contributed by atoms with Crippen molar-refractivity contribution in [1.29, 1.82) is 5.41 Å². The molecule has 6 heteroatoms. The normalized spacial score (nSPS) is 10.9. The first-order chi connectivity index (χ1) is 8.69. The molecule has 0 aliphatic heterocycles. The van der Waals surface area contributed by atoms with Gasteiger partial charge in [-0.25, -0.2) is 4.57 Å². The first-order valence-corrected chi connectivity index (χ1v) is 5.98. The molecule has 0 fully saturated rings. The smallest absolute Gasteiger partial charge is 0.325 e. The highest BCUT2D eigenvalue weighted by molar-refractivity contribution is 6.00. The molecular formula is C13H21N4O2+. The number of rotatable bonds is 4. The summed E-state index contributed by atoms with van der Waals surface area (Å²) >= 11 is 0. The average Bonchev–Trinajstić information content (AvgIpc) is 2.23. The van der Waals surface area contributed by atoms with Gasteiger partial charge in [-0.05, 0) is 20.8 Å². The van der Waals surface area contributed by atoms with Gasteiger partial charge in [-0.1, -0.05) is 0 Å². The largest absolute Gasteiger partial charge is 0.459 e. The van der Waals surface area contributed by atoms with Crippen LogP contribution in [0.5, 0.6) is 0 Å². The number of nitrogen functional groups attached to an aromatic ring is 1. The van der Waals surface area contributed by atoms with Crippen molar-refractivity contribution in [3.63, 3.8) is 0 Å². The van der Waals surface area contributed by atoms with Crippen LogP contribution < -0.4 is 15.6 Å². The molecule has 0 radical (unpaired) electrons. The summed E-state index contributed by atoms with van der Waals surface area (Å²) in [4.78, 5) is 11.6. The summed E-state index contributed by atoms with van der Waals surface area (Å²) in [5, 5.41) is 10.4. The van der Waals surface area contributed by atoms with Crippen LogP contribution in [-0.4, -0.2) is 24.0 Å². The molecule has 0 saturated heterocycles. The molecule has 0 bridgehead atoms. The maximum Gasteiger partial charge on any atom is 0.325 e. The number of carbonyl (C=O) groups is 1. The number of amidine groups is 1. The number of aryl methyl sites for hydroxylation is 1. The topological polar surface area (TPSA) is 92.1 Å². The summed E-state index contributed by atoms with van der Waals surface area (Å²) in [6.45, 7) is 5.47. The van der Waals surface area contributed by atoms with E-state index in [9.17, 15) is 4.79 Å². The Morgan fingerprint density at radius 1 is 1.53 bits per heavy atom. The summed E-state index contributed by atoms with van der Waals surface area (Å²) in [5.74, 6) is -0.402. The van der Waals surface area contributed by atoms with Gasteiger partial charge in [-0.15, -0.1) is 0 Å². The Hall–Kier alpha value is -2.11. The molecule has 0 atom stereocenters. The van der Waals surface area contributed by atoms with Gasteiger partial charge in [0.15, 0.2) is 12.4 Å². The second kappa shape index (κ2) is 5.69. The molecule has 0 aliphatic rings. The van der Waals surface area contributed by atoms with Crippen LogP contribution in [0.25, 0.3) is 0 Å². The zero-order valence-electron chi connectivity index (χ0n) is 11.8. The van der Waals surface area contributed by atoms with E-state index in [2.05, 4.69) is 5.32 Å². The van der Waals surface area contributed by atoms with E-state index < -0.39 is 5.60 Å². The van der Waals surface area contributed by atoms with E-state index in [0.717, 1.165) is 0 Å². The minimum absolute atomic E-state index is 0.0293. The van der Waals surface area contributed by atoms with Gasteiger partial charge in [0.25, 0.3) is 0 Å². The quantitative estimate of drug-likeness (QED) is 0.321. The third kappa shape index (κ3) is 4.95. The molecule has 0 saturated carbocycles. The lowest BCUT2D eigenvalue weighted by Gasteiger charge is -2.19. The van der Waals surface area contributed by atoms with E-state index >= 15 is 0 Å². The zero-order chi connectivity index (χ0) is 14.6. The number of aromatic nitrogens is 1. The van der Waals surface area contributed by atoms with Crippen LogP contribution in [0.1, 0.15) is 26.3 Å². The van der Waals surface area contributed by atoms with Crippen molar-refractivity contribution in [3.05, 3.63) is 24.0 Å². The molecule has 1 heterocycles. The molecule has 0 aliphatic carbocycles. The van der Waals surface area contributed by atoms with Crippen molar-refractivity contribution < 1.29 is 14.1 Å². The predicted octanol–water partition coefficient (Wildman–Crippen LogP) is 0.549. The Kier molecular flexibility index (Phi) is 4.47. The Labute approximate surface area is 113 Å². The number of hydrogen-bond donors (Lipinski definition) is 3. The molecule has 1 rings (SSSR count). The van der Waals surface area contributed by atoms with E-state index in [1.54, 1.807) is 18.5 Å². The Bertz CT molecular complexity index is 492. The molecule has 104 valence electrons. The van der Waals surface area contributed by atoms with Crippen molar-refractivity contribution in [3.8, 4) is 0 Å². The number of nitrogens with zero attached hydrogens (tertiary/aromatic N) is 1. The number of ether oxygens (including phenoxy) is 1. The van der Waals surface area contributed by atoms with E-state index in [1.807, 2.05) is 32.4 Å². The summed E-state index contributed by atoms with van der Waals surface area (Å²) in [7, 11) is 1.85. The molecule has 0 aromatic carbocycles. The van der Waals surface area contributed by atoms with Gasteiger partial charge in [-0.3, -0.25) is 10.2 Å². The zero-order valence-corrected chi connectivity index (χ0v) is 11.8. The van der Waals surface area contributed by atoms with Crippen LogP contribution in [0.15, 0.2) is 18.5 Å². The lowest BCUT2D eigenvalue weighted by atomic mass is 10.2. The van der Waals surface area contributed by atoms with Crippen LogP contribution in [0, 0.1) is 5.41 Å². The maximum absolute atomic E-state index is 11.6.